The fourth-order valence-corrected chi connectivity index (χ4v) is 2.67. The molecule has 0 unspecified atom stereocenters. The van der Waals surface area contributed by atoms with E-state index in [-0.39, 0.29) is 5.75 Å². The molecule has 1 aliphatic carbocycles. The van der Waals surface area contributed by atoms with E-state index in [1.807, 2.05) is 0 Å². The molecule has 0 N–H and O–H groups in total. The largest absolute Gasteiger partial charge is 0.345 e. The van der Waals surface area contributed by atoms with Gasteiger partial charge in [-0.1, -0.05) is 71.3 Å². The van der Waals surface area contributed by atoms with Crippen molar-refractivity contribution in [1.29, 1.82) is 0 Å². The van der Waals surface area contributed by atoms with Gasteiger partial charge in [0.15, 0.2) is 0 Å². The molecule has 0 bridgehead atoms. The standard InChI is InChI=1S/C11H22.C5H8O4S/c1-11-9-7-5-3-2-4-6-8-10-11;1-3-5(6)9-10(7,8)4-2/h11H,2-10H2,1H3;3H,1,4H2,2H3. The highest BCUT2D eigenvalue weighted by molar-refractivity contribution is 7.87. The Morgan fingerprint density at radius 1 is 1.10 bits per heavy atom. The summed E-state index contributed by atoms with van der Waals surface area (Å²) in [5, 5.41) is 0. The molecule has 0 aromatic rings. The number of hydrogen-bond donors (Lipinski definition) is 0. The summed E-state index contributed by atoms with van der Waals surface area (Å²) in [5.74, 6) is -0.151. The second-order valence-corrected chi connectivity index (χ2v) is 7.47. The van der Waals surface area contributed by atoms with Crippen molar-refractivity contribution in [2.75, 3.05) is 5.75 Å². The first kappa shape index (κ1) is 20.2. The lowest BCUT2D eigenvalue weighted by Gasteiger charge is -2.12. The van der Waals surface area contributed by atoms with Gasteiger partial charge in [-0.25, -0.2) is 4.79 Å². The molecule has 1 rings (SSSR count). The van der Waals surface area contributed by atoms with Gasteiger partial charge in [0.25, 0.3) is 0 Å². The van der Waals surface area contributed by atoms with Crippen molar-refractivity contribution in [2.24, 2.45) is 5.92 Å². The molecule has 0 amide bonds. The Morgan fingerprint density at radius 3 is 1.90 bits per heavy atom. The molecule has 0 spiro atoms. The average Bonchev–Trinajstić information content (AvgIpc) is 2.46. The van der Waals surface area contributed by atoms with E-state index >= 15 is 0 Å². The molecular weight excluding hydrogens is 288 g/mol. The van der Waals surface area contributed by atoms with Gasteiger partial charge >= 0.3 is 16.1 Å². The van der Waals surface area contributed by atoms with Gasteiger partial charge in [0.1, 0.15) is 0 Å². The van der Waals surface area contributed by atoms with Crippen LogP contribution in [0.4, 0.5) is 0 Å². The van der Waals surface area contributed by atoms with Gasteiger partial charge in [0.05, 0.1) is 5.75 Å². The van der Waals surface area contributed by atoms with Crippen LogP contribution in [0, 0.1) is 5.92 Å². The molecule has 0 saturated heterocycles. The molecule has 0 radical (unpaired) electrons. The van der Waals surface area contributed by atoms with Crippen LogP contribution in [0.25, 0.3) is 0 Å². The zero-order valence-corrected chi connectivity index (χ0v) is 14.3. The van der Waals surface area contributed by atoms with Gasteiger partial charge in [-0.2, -0.15) is 8.42 Å². The Morgan fingerprint density at radius 2 is 1.52 bits per heavy atom. The van der Waals surface area contributed by atoms with Crippen molar-refractivity contribution in [3.05, 3.63) is 12.7 Å². The lowest BCUT2D eigenvalue weighted by Crippen LogP contribution is -2.12. The third-order valence-corrected chi connectivity index (χ3v) is 4.75. The van der Waals surface area contributed by atoms with Crippen LogP contribution in [0.5, 0.6) is 0 Å². The monoisotopic (exact) mass is 318 g/mol. The van der Waals surface area contributed by atoms with Crippen LogP contribution in [0.1, 0.15) is 71.6 Å². The van der Waals surface area contributed by atoms with E-state index in [0.717, 1.165) is 12.0 Å². The van der Waals surface area contributed by atoms with Crippen molar-refractivity contribution in [2.45, 2.75) is 71.6 Å². The number of rotatable bonds is 3. The molecule has 124 valence electrons. The Bertz CT molecular complexity index is 377. The Balaban J connectivity index is 0.000000384. The maximum atomic E-state index is 10.5. The van der Waals surface area contributed by atoms with Crippen LogP contribution < -0.4 is 0 Å². The molecule has 4 nitrogen and oxygen atoms in total. The summed E-state index contributed by atoms with van der Waals surface area (Å²) in [6, 6.07) is 0. The summed E-state index contributed by atoms with van der Waals surface area (Å²) >= 11 is 0. The number of carbonyl (C=O) groups excluding carboxylic acids is 1. The molecule has 0 atom stereocenters. The van der Waals surface area contributed by atoms with Crippen LogP contribution in [0.3, 0.4) is 0 Å². The van der Waals surface area contributed by atoms with E-state index in [2.05, 4.69) is 17.7 Å². The predicted octanol–water partition coefficient (Wildman–Crippen LogP) is 4.21. The predicted molar refractivity (Wildman–Crippen MR) is 86.5 cm³/mol. The SMILES string of the molecule is C=CC(=O)OS(=O)(=O)CC.CC1CCCCCCCCC1. The second-order valence-electron chi connectivity index (χ2n) is 5.61. The normalized spacial score (nSPS) is 18.0. The molecule has 1 saturated carbocycles. The highest BCUT2D eigenvalue weighted by Gasteiger charge is 2.10. The Labute approximate surface area is 130 Å². The fraction of sp³-hybridized carbons (Fsp3) is 0.812. The van der Waals surface area contributed by atoms with E-state index < -0.39 is 16.1 Å². The lowest BCUT2D eigenvalue weighted by atomic mass is 9.94. The van der Waals surface area contributed by atoms with Crippen LogP contribution in [0.15, 0.2) is 12.7 Å². The summed E-state index contributed by atoms with van der Waals surface area (Å²) in [6.45, 7) is 6.84. The molecule has 21 heavy (non-hydrogen) atoms. The number of carbonyl (C=O) groups is 1. The summed E-state index contributed by atoms with van der Waals surface area (Å²) in [4.78, 5) is 10.3. The van der Waals surface area contributed by atoms with Gasteiger partial charge in [-0.15, -0.1) is 0 Å². The quantitative estimate of drug-likeness (QED) is 0.577. The summed E-state index contributed by atoms with van der Waals surface area (Å²) in [7, 11) is -3.65. The van der Waals surface area contributed by atoms with Gasteiger partial charge < -0.3 is 4.18 Å². The van der Waals surface area contributed by atoms with Gasteiger partial charge in [-0.3, -0.25) is 0 Å². The smallest absolute Gasteiger partial charge is 0.342 e. The maximum absolute atomic E-state index is 10.5. The highest BCUT2D eigenvalue weighted by atomic mass is 32.2. The molecule has 0 heterocycles. The summed E-state index contributed by atoms with van der Waals surface area (Å²) < 4.78 is 24.9. The topological polar surface area (TPSA) is 60.4 Å². The molecule has 0 aliphatic heterocycles. The van der Waals surface area contributed by atoms with E-state index in [1.165, 1.54) is 64.7 Å². The molecule has 0 aromatic carbocycles. The lowest BCUT2D eigenvalue weighted by molar-refractivity contribution is -0.128. The third-order valence-electron chi connectivity index (χ3n) is 3.62. The summed E-state index contributed by atoms with van der Waals surface area (Å²) in [6.07, 6.45) is 14.2. The minimum absolute atomic E-state index is 0.216. The summed E-state index contributed by atoms with van der Waals surface area (Å²) in [5.41, 5.74) is 0. The highest BCUT2D eigenvalue weighted by Crippen LogP contribution is 2.20. The van der Waals surface area contributed by atoms with Gasteiger partial charge in [0.2, 0.25) is 0 Å². The second kappa shape index (κ2) is 11.8. The average molecular weight is 318 g/mol. The van der Waals surface area contributed by atoms with E-state index in [4.69, 9.17) is 0 Å². The molecule has 5 heteroatoms. The first-order chi connectivity index (χ1) is 9.91. The van der Waals surface area contributed by atoms with Crippen molar-refractivity contribution >= 4 is 16.1 Å². The van der Waals surface area contributed by atoms with Crippen LogP contribution in [0.2, 0.25) is 0 Å². The fourth-order valence-electron chi connectivity index (χ4n) is 2.23. The Kier molecular flexibility index (Phi) is 11.3. The van der Waals surface area contributed by atoms with E-state index in [1.54, 1.807) is 0 Å². The van der Waals surface area contributed by atoms with Crippen molar-refractivity contribution < 1.29 is 17.4 Å². The van der Waals surface area contributed by atoms with Crippen LogP contribution in [-0.2, 0) is 19.1 Å². The molecule has 1 aliphatic rings. The van der Waals surface area contributed by atoms with Crippen LogP contribution >= 0.6 is 0 Å². The van der Waals surface area contributed by atoms with Crippen LogP contribution in [-0.4, -0.2) is 20.1 Å². The van der Waals surface area contributed by atoms with E-state index in [0.29, 0.717) is 0 Å². The van der Waals surface area contributed by atoms with E-state index in [9.17, 15) is 13.2 Å². The first-order valence-electron chi connectivity index (χ1n) is 7.99. The van der Waals surface area contributed by atoms with Gasteiger partial charge in [0, 0.05) is 6.08 Å². The van der Waals surface area contributed by atoms with Crippen molar-refractivity contribution in [3.8, 4) is 0 Å². The van der Waals surface area contributed by atoms with Crippen molar-refractivity contribution in [3.63, 3.8) is 0 Å². The molecular formula is C16H30O4S. The van der Waals surface area contributed by atoms with Gasteiger partial charge in [-0.05, 0) is 12.8 Å². The Hall–Kier alpha value is -0.840. The zero-order valence-electron chi connectivity index (χ0n) is 13.5. The molecule has 0 aromatic heterocycles. The minimum Gasteiger partial charge on any atom is -0.342 e. The first-order valence-corrected chi connectivity index (χ1v) is 9.57. The number of hydrogen-bond acceptors (Lipinski definition) is 4. The van der Waals surface area contributed by atoms with Crippen molar-refractivity contribution in [1.82, 2.24) is 0 Å². The molecule has 1 fully saturated rings. The maximum Gasteiger partial charge on any atom is 0.345 e. The third kappa shape index (κ3) is 12.6. The minimum atomic E-state index is -3.65. The zero-order chi connectivity index (χ0) is 16.1.